The van der Waals surface area contributed by atoms with Crippen LogP contribution in [0.25, 0.3) is 0 Å². The molecule has 1 aromatic rings. The third-order valence-electron chi connectivity index (χ3n) is 4.45. The van der Waals surface area contributed by atoms with Crippen LogP contribution in [-0.2, 0) is 16.0 Å². The highest BCUT2D eigenvalue weighted by Gasteiger charge is 2.38. The molecule has 2 aliphatic rings. The van der Waals surface area contributed by atoms with E-state index in [1.165, 1.54) is 19.3 Å². The molecule has 1 saturated carbocycles. The second-order valence-corrected chi connectivity index (χ2v) is 5.90. The van der Waals surface area contributed by atoms with Crippen molar-refractivity contribution >= 4 is 5.91 Å². The molecule has 0 aromatic carbocycles. The van der Waals surface area contributed by atoms with Crippen molar-refractivity contribution in [3.05, 3.63) is 18.0 Å². The van der Waals surface area contributed by atoms with E-state index in [2.05, 4.69) is 5.16 Å². The normalized spacial score (nSPS) is 22.1. The van der Waals surface area contributed by atoms with Gasteiger partial charge in [-0.15, -0.1) is 0 Å². The van der Waals surface area contributed by atoms with Gasteiger partial charge >= 0.3 is 0 Å². The summed E-state index contributed by atoms with van der Waals surface area (Å²) in [6.07, 6.45) is 8.64. The fourth-order valence-corrected chi connectivity index (χ4v) is 3.32. The zero-order valence-electron chi connectivity index (χ0n) is 11.8. The monoisotopic (exact) mass is 278 g/mol. The summed E-state index contributed by atoms with van der Waals surface area (Å²) in [5.41, 5.74) is 0.791. The van der Waals surface area contributed by atoms with Gasteiger partial charge in [0.2, 0.25) is 5.91 Å². The molecule has 1 aliphatic heterocycles. The zero-order chi connectivity index (χ0) is 13.8. The molecular weight excluding hydrogens is 256 g/mol. The van der Waals surface area contributed by atoms with E-state index in [1.54, 1.807) is 6.26 Å². The molecule has 110 valence electrons. The molecule has 2 heterocycles. The van der Waals surface area contributed by atoms with Crippen LogP contribution in [0, 0.1) is 0 Å². The molecular formula is C15H22N2O3. The van der Waals surface area contributed by atoms with Gasteiger partial charge in [-0.3, -0.25) is 4.79 Å². The van der Waals surface area contributed by atoms with Gasteiger partial charge in [-0.1, -0.05) is 24.4 Å². The molecule has 20 heavy (non-hydrogen) atoms. The number of carbonyl (C=O) groups excluding carboxylic acids is 1. The van der Waals surface area contributed by atoms with Gasteiger partial charge in [0.25, 0.3) is 0 Å². The van der Waals surface area contributed by atoms with Crippen molar-refractivity contribution in [2.45, 2.75) is 50.5 Å². The first-order valence-corrected chi connectivity index (χ1v) is 7.58. The summed E-state index contributed by atoms with van der Waals surface area (Å²) in [6.45, 7) is 2.17. The smallest absolute Gasteiger partial charge is 0.223 e. The van der Waals surface area contributed by atoms with E-state index in [0.717, 1.165) is 31.6 Å². The molecule has 0 atom stereocenters. The number of aryl methyl sites for hydroxylation is 1. The van der Waals surface area contributed by atoms with E-state index in [-0.39, 0.29) is 11.5 Å². The van der Waals surface area contributed by atoms with Crippen LogP contribution in [0.5, 0.6) is 0 Å². The lowest BCUT2D eigenvalue weighted by atomic mass is 9.83. The van der Waals surface area contributed by atoms with E-state index in [0.29, 0.717) is 19.4 Å². The van der Waals surface area contributed by atoms with Crippen LogP contribution in [0.1, 0.15) is 44.2 Å². The minimum atomic E-state index is -0.0555. The third-order valence-corrected chi connectivity index (χ3v) is 4.45. The minimum absolute atomic E-state index is 0.0555. The molecule has 5 heteroatoms. The molecule has 0 N–H and O–H groups in total. The first kappa shape index (κ1) is 13.6. The summed E-state index contributed by atoms with van der Waals surface area (Å²) in [4.78, 5) is 14.3. The van der Waals surface area contributed by atoms with Crippen LogP contribution in [0.3, 0.4) is 0 Å². The standard InChI is InChI=1S/C15H22N2O3/c18-14(5-4-13-6-10-20-16-13)17-9-11-19-15(12-17)7-2-1-3-8-15/h6,10H,1-5,7-9,11-12H2. The molecule has 1 aromatic heterocycles. The van der Waals surface area contributed by atoms with Crippen LogP contribution < -0.4 is 0 Å². The Morgan fingerprint density at radius 3 is 2.95 bits per heavy atom. The van der Waals surface area contributed by atoms with Gasteiger partial charge in [0.1, 0.15) is 6.26 Å². The maximum atomic E-state index is 12.3. The number of amides is 1. The van der Waals surface area contributed by atoms with Gasteiger partial charge in [0.05, 0.1) is 17.9 Å². The molecule has 0 radical (unpaired) electrons. The predicted molar refractivity (Wildman–Crippen MR) is 73.2 cm³/mol. The summed E-state index contributed by atoms with van der Waals surface area (Å²) >= 11 is 0. The second kappa shape index (κ2) is 5.95. The molecule has 0 bridgehead atoms. The largest absolute Gasteiger partial charge is 0.371 e. The van der Waals surface area contributed by atoms with Crippen LogP contribution >= 0.6 is 0 Å². The molecule has 1 amide bonds. The van der Waals surface area contributed by atoms with Crippen molar-refractivity contribution in [2.24, 2.45) is 0 Å². The van der Waals surface area contributed by atoms with Crippen molar-refractivity contribution in [1.29, 1.82) is 0 Å². The lowest BCUT2D eigenvalue weighted by Gasteiger charge is -2.45. The van der Waals surface area contributed by atoms with Crippen molar-refractivity contribution < 1.29 is 14.1 Å². The van der Waals surface area contributed by atoms with Gasteiger partial charge < -0.3 is 14.2 Å². The van der Waals surface area contributed by atoms with Crippen LogP contribution in [-0.4, -0.2) is 41.3 Å². The van der Waals surface area contributed by atoms with E-state index < -0.39 is 0 Å². The SMILES string of the molecule is O=C(CCc1ccon1)N1CCOC2(CCCCC2)C1. The van der Waals surface area contributed by atoms with Gasteiger partial charge in [0.15, 0.2) is 0 Å². The number of morpholine rings is 1. The molecule has 1 saturated heterocycles. The van der Waals surface area contributed by atoms with Crippen molar-refractivity contribution in [3.63, 3.8) is 0 Å². The maximum absolute atomic E-state index is 12.3. The maximum Gasteiger partial charge on any atom is 0.223 e. The van der Waals surface area contributed by atoms with Gasteiger partial charge in [-0.25, -0.2) is 0 Å². The Kier molecular flexibility index (Phi) is 4.05. The Morgan fingerprint density at radius 2 is 2.20 bits per heavy atom. The Balaban J connectivity index is 1.54. The van der Waals surface area contributed by atoms with Crippen molar-refractivity contribution in [2.75, 3.05) is 19.7 Å². The van der Waals surface area contributed by atoms with E-state index in [9.17, 15) is 4.79 Å². The number of carbonyl (C=O) groups is 1. The van der Waals surface area contributed by atoms with Crippen LogP contribution in [0.2, 0.25) is 0 Å². The first-order valence-electron chi connectivity index (χ1n) is 7.58. The Bertz CT molecular complexity index is 432. The molecule has 2 fully saturated rings. The number of hydrogen-bond donors (Lipinski definition) is 0. The molecule has 1 spiro atoms. The third kappa shape index (κ3) is 3.03. The van der Waals surface area contributed by atoms with Gasteiger partial charge in [0, 0.05) is 32.0 Å². The highest BCUT2D eigenvalue weighted by Crippen LogP contribution is 2.34. The van der Waals surface area contributed by atoms with E-state index in [4.69, 9.17) is 9.26 Å². The average Bonchev–Trinajstić information content (AvgIpc) is 2.99. The Morgan fingerprint density at radius 1 is 1.35 bits per heavy atom. The zero-order valence-corrected chi connectivity index (χ0v) is 11.8. The predicted octanol–water partition coefficient (Wildman–Crippen LogP) is 2.17. The fourth-order valence-electron chi connectivity index (χ4n) is 3.32. The number of ether oxygens (including phenoxy) is 1. The number of aromatic nitrogens is 1. The molecule has 3 rings (SSSR count). The average molecular weight is 278 g/mol. The first-order chi connectivity index (χ1) is 9.77. The summed E-state index contributed by atoms with van der Waals surface area (Å²) in [5.74, 6) is 0.209. The highest BCUT2D eigenvalue weighted by atomic mass is 16.5. The van der Waals surface area contributed by atoms with E-state index >= 15 is 0 Å². The van der Waals surface area contributed by atoms with Gasteiger partial charge in [-0.05, 0) is 12.8 Å². The second-order valence-electron chi connectivity index (χ2n) is 5.90. The van der Waals surface area contributed by atoms with Crippen molar-refractivity contribution in [1.82, 2.24) is 10.1 Å². The Labute approximate surface area is 119 Å². The summed E-state index contributed by atoms with van der Waals surface area (Å²) in [5, 5.41) is 3.85. The number of hydrogen-bond acceptors (Lipinski definition) is 4. The number of rotatable bonds is 3. The quantitative estimate of drug-likeness (QED) is 0.850. The lowest BCUT2D eigenvalue weighted by Crippen LogP contribution is -2.54. The number of nitrogens with zero attached hydrogens (tertiary/aromatic N) is 2. The minimum Gasteiger partial charge on any atom is -0.371 e. The van der Waals surface area contributed by atoms with Gasteiger partial charge in [-0.2, -0.15) is 0 Å². The Hall–Kier alpha value is -1.36. The summed E-state index contributed by atoms with van der Waals surface area (Å²) in [7, 11) is 0. The van der Waals surface area contributed by atoms with Crippen LogP contribution in [0.4, 0.5) is 0 Å². The molecule has 0 unspecified atom stereocenters. The van der Waals surface area contributed by atoms with Crippen LogP contribution in [0.15, 0.2) is 16.9 Å². The topological polar surface area (TPSA) is 55.6 Å². The molecule has 1 aliphatic carbocycles. The molecule has 5 nitrogen and oxygen atoms in total. The fraction of sp³-hybridized carbons (Fsp3) is 0.733. The van der Waals surface area contributed by atoms with Crippen molar-refractivity contribution in [3.8, 4) is 0 Å². The summed E-state index contributed by atoms with van der Waals surface area (Å²) in [6, 6.07) is 1.81. The van der Waals surface area contributed by atoms with E-state index in [1.807, 2.05) is 11.0 Å². The lowest BCUT2D eigenvalue weighted by molar-refractivity contribution is -0.156. The summed E-state index contributed by atoms with van der Waals surface area (Å²) < 4.78 is 10.8. The highest BCUT2D eigenvalue weighted by molar-refractivity contribution is 5.76.